The van der Waals surface area contributed by atoms with Crippen LogP contribution in [-0.2, 0) is 20.2 Å². The summed E-state index contributed by atoms with van der Waals surface area (Å²) in [5.41, 5.74) is 6.93. The molecule has 0 atom stereocenters. The van der Waals surface area contributed by atoms with Crippen LogP contribution in [0.5, 0.6) is 0 Å². The van der Waals surface area contributed by atoms with Crippen molar-refractivity contribution in [1.29, 1.82) is 0 Å². The molecule has 0 fully saturated rings. The molecule has 0 aliphatic carbocycles. The van der Waals surface area contributed by atoms with E-state index in [1.54, 1.807) is 0 Å². The lowest BCUT2D eigenvalue weighted by atomic mass is 10.1. The van der Waals surface area contributed by atoms with Crippen molar-refractivity contribution in [3.63, 3.8) is 0 Å². The summed E-state index contributed by atoms with van der Waals surface area (Å²) in [5.74, 6) is 0. The van der Waals surface area contributed by atoms with Crippen LogP contribution < -0.4 is 5.73 Å². The molecule has 19 heavy (non-hydrogen) atoms. The van der Waals surface area contributed by atoms with Gasteiger partial charge in [0, 0.05) is 5.39 Å². The van der Waals surface area contributed by atoms with E-state index in [2.05, 4.69) is 0 Å². The van der Waals surface area contributed by atoms with Gasteiger partial charge in [0.2, 0.25) is 0 Å². The Kier molecular flexibility index (Phi) is 3.01. The third-order valence-corrected chi connectivity index (χ3v) is 4.30. The van der Waals surface area contributed by atoms with Crippen molar-refractivity contribution in [1.82, 2.24) is 5.73 Å². The van der Waals surface area contributed by atoms with Crippen LogP contribution in [0.2, 0.25) is 0 Å². The Hall–Kier alpha value is -1.68. The second-order valence-corrected chi connectivity index (χ2v) is 6.56. The number of hydrogen-bond acceptors (Lipinski definition) is 4. The third-order valence-electron chi connectivity index (χ3n) is 2.50. The Bertz CT molecular complexity index is 870. The highest BCUT2D eigenvalue weighted by atomic mass is 32.2. The third kappa shape index (κ3) is 2.54. The maximum atomic E-state index is 11.2. The lowest BCUT2D eigenvalue weighted by Gasteiger charge is -2.07. The van der Waals surface area contributed by atoms with Crippen LogP contribution in [0.15, 0.2) is 40.1 Å². The van der Waals surface area contributed by atoms with Crippen molar-refractivity contribution in [2.24, 2.45) is 0 Å². The molecule has 0 amide bonds. The Morgan fingerprint density at radius 1 is 0.895 bits per heavy atom. The zero-order valence-corrected chi connectivity index (χ0v) is 10.9. The number of rotatable bonds is 2. The van der Waals surface area contributed by atoms with Crippen LogP contribution >= 0.6 is 0 Å². The fourth-order valence-corrected chi connectivity index (χ4v) is 3.03. The van der Waals surface area contributed by atoms with E-state index in [4.69, 9.17) is 14.8 Å². The molecule has 1 radical (unpaired) electrons. The molecule has 0 aliphatic heterocycles. The summed E-state index contributed by atoms with van der Waals surface area (Å²) in [6.45, 7) is 0. The largest absolute Gasteiger partial charge is 0.299 e. The summed E-state index contributed by atoms with van der Waals surface area (Å²) in [6.07, 6.45) is 0. The van der Waals surface area contributed by atoms with Crippen molar-refractivity contribution >= 4 is 36.7 Å². The highest BCUT2D eigenvalue weighted by Crippen LogP contribution is 2.30. The van der Waals surface area contributed by atoms with Crippen molar-refractivity contribution < 1.29 is 25.9 Å². The zero-order chi connectivity index (χ0) is 14.4. The summed E-state index contributed by atoms with van der Waals surface area (Å²) < 4.78 is 62.4. The molecule has 0 saturated heterocycles. The van der Waals surface area contributed by atoms with E-state index < -0.39 is 35.7 Å². The van der Waals surface area contributed by atoms with Crippen LogP contribution in [0.25, 0.3) is 10.8 Å². The standard InChI is InChI=1S/C10H8NO6S2/c11-8-5-7-6(4-10(8)19(15,16)17)2-1-3-9(7)18(12,13)14/h1-5,11H,(H,12,13,14)(H,15,16,17). The number of hydrogen-bond donors (Lipinski definition) is 2. The van der Waals surface area contributed by atoms with Crippen molar-refractivity contribution in [3.05, 3.63) is 30.3 Å². The molecule has 0 spiro atoms. The van der Waals surface area contributed by atoms with Gasteiger partial charge in [-0.25, -0.2) is 0 Å². The summed E-state index contributed by atoms with van der Waals surface area (Å²) in [4.78, 5) is -1.06. The van der Waals surface area contributed by atoms with Gasteiger partial charge >= 0.3 is 0 Å². The average Bonchev–Trinajstić information content (AvgIpc) is 2.24. The maximum absolute atomic E-state index is 11.2. The monoisotopic (exact) mass is 302 g/mol. The molecule has 0 saturated carbocycles. The molecule has 0 heterocycles. The summed E-state index contributed by atoms with van der Waals surface area (Å²) in [5, 5.41) is 0.168. The molecule has 0 aromatic heterocycles. The molecule has 0 aliphatic rings. The van der Waals surface area contributed by atoms with Gasteiger partial charge in [-0.3, -0.25) is 14.8 Å². The number of benzene rings is 2. The van der Waals surface area contributed by atoms with Crippen molar-refractivity contribution in [2.45, 2.75) is 9.79 Å². The first kappa shape index (κ1) is 13.7. The van der Waals surface area contributed by atoms with Gasteiger partial charge in [-0.15, -0.1) is 0 Å². The highest BCUT2D eigenvalue weighted by Gasteiger charge is 2.19. The molecule has 2 aromatic rings. The van der Waals surface area contributed by atoms with Gasteiger partial charge in [0.25, 0.3) is 20.2 Å². The highest BCUT2D eigenvalue weighted by molar-refractivity contribution is 7.86. The lowest BCUT2D eigenvalue weighted by Crippen LogP contribution is -2.02. The van der Waals surface area contributed by atoms with Crippen LogP contribution in [0.3, 0.4) is 0 Å². The second-order valence-electron chi connectivity index (χ2n) is 3.78. The number of fused-ring (bicyclic) bond motifs is 1. The van der Waals surface area contributed by atoms with E-state index in [0.29, 0.717) is 0 Å². The summed E-state index contributed by atoms with van der Waals surface area (Å²) >= 11 is 0. The average molecular weight is 302 g/mol. The molecule has 0 bridgehead atoms. The minimum Gasteiger partial charge on any atom is -0.299 e. The van der Waals surface area contributed by atoms with Gasteiger partial charge in [0.15, 0.2) is 0 Å². The molecular weight excluding hydrogens is 294 g/mol. The summed E-state index contributed by atoms with van der Waals surface area (Å²) in [7, 11) is -9.06. The van der Waals surface area contributed by atoms with Gasteiger partial charge in [0.1, 0.15) is 9.79 Å². The Balaban J connectivity index is 2.94. The fraction of sp³-hybridized carbons (Fsp3) is 0. The van der Waals surface area contributed by atoms with E-state index in [-0.39, 0.29) is 10.8 Å². The quantitative estimate of drug-likeness (QED) is 0.802. The molecule has 101 valence electrons. The van der Waals surface area contributed by atoms with E-state index in [1.165, 1.54) is 12.1 Å². The van der Waals surface area contributed by atoms with Crippen LogP contribution in [0, 0.1) is 0 Å². The van der Waals surface area contributed by atoms with E-state index >= 15 is 0 Å². The predicted octanol–water partition coefficient (Wildman–Crippen LogP) is 1.25. The first-order valence-electron chi connectivity index (χ1n) is 4.84. The van der Waals surface area contributed by atoms with Gasteiger partial charge in [-0.05, 0) is 23.6 Å². The fourth-order valence-electron chi connectivity index (χ4n) is 1.71. The van der Waals surface area contributed by atoms with Gasteiger partial charge in [-0.1, -0.05) is 12.1 Å². The maximum Gasteiger partial charge on any atom is 0.296 e. The van der Waals surface area contributed by atoms with Gasteiger partial charge < -0.3 is 0 Å². The van der Waals surface area contributed by atoms with Crippen LogP contribution in [0.4, 0.5) is 5.69 Å². The molecule has 2 aromatic carbocycles. The molecule has 7 nitrogen and oxygen atoms in total. The Morgan fingerprint density at radius 3 is 2.00 bits per heavy atom. The lowest BCUT2D eigenvalue weighted by molar-refractivity contribution is 0.482. The molecule has 2 rings (SSSR count). The Morgan fingerprint density at radius 2 is 1.47 bits per heavy atom. The van der Waals surface area contributed by atoms with Crippen molar-refractivity contribution in [3.8, 4) is 0 Å². The molecular formula is C10H8NO6S2. The molecule has 9 heteroatoms. The predicted molar refractivity (Wildman–Crippen MR) is 66.3 cm³/mol. The van der Waals surface area contributed by atoms with Crippen LogP contribution in [0.1, 0.15) is 0 Å². The second kappa shape index (κ2) is 4.17. The Labute approximate surface area is 109 Å². The minimum absolute atomic E-state index is 0.00222. The zero-order valence-electron chi connectivity index (χ0n) is 9.23. The van der Waals surface area contributed by atoms with E-state index in [9.17, 15) is 16.8 Å². The topological polar surface area (TPSA) is 133 Å². The van der Waals surface area contributed by atoms with Gasteiger partial charge in [-0.2, -0.15) is 16.8 Å². The first-order chi connectivity index (χ1) is 8.60. The van der Waals surface area contributed by atoms with Gasteiger partial charge in [0.05, 0.1) is 5.69 Å². The van der Waals surface area contributed by atoms with Crippen molar-refractivity contribution in [2.75, 3.05) is 0 Å². The normalized spacial score (nSPS) is 12.7. The molecule has 3 N–H and O–H groups in total. The SMILES string of the molecule is [NH]c1cc2c(S(=O)(=O)O)cccc2cc1S(=O)(=O)O. The minimum atomic E-state index is -4.57. The molecule has 0 unspecified atom stereocenters. The summed E-state index contributed by atoms with van der Waals surface area (Å²) in [6, 6.07) is 5.77. The van der Waals surface area contributed by atoms with E-state index in [0.717, 1.165) is 18.2 Å². The smallest absolute Gasteiger partial charge is 0.296 e. The van der Waals surface area contributed by atoms with Crippen LogP contribution in [-0.4, -0.2) is 25.9 Å². The number of nitrogens with one attached hydrogen (secondary N) is 1. The van der Waals surface area contributed by atoms with E-state index in [1.807, 2.05) is 0 Å². The first-order valence-corrected chi connectivity index (χ1v) is 7.72.